The molecule has 1 aliphatic rings. The van der Waals surface area contributed by atoms with E-state index in [0.717, 1.165) is 64.7 Å². The topological polar surface area (TPSA) is 42.7 Å². The number of nitrogens with zero attached hydrogens (tertiary/aromatic N) is 1. The Morgan fingerprint density at radius 3 is 2.57 bits per heavy atom. The molecule has 1 saturated heterocycles. The lowest BCUT2D eigenvalue weighted by Crippen LogP contribution is -2.25. The highest BCUT2D eigenvalue weighted by atomic mass is 35.5. The summed E-state index contributed by atoms with van der Waals surface area (Å²) in [5.74, 6) is 0.742. The highest BCUT2D eigenvalue weighted by Gasteiger charge is 2.21. The van der Waals surface area contributed by atoms with Gasteiger partial charge < -0.3 is 14.1 Å². The number of halogens is 2. The Hall–Kier alpha value is -2.43. The predicted molar refractivity (Wildman–Crippen MR) is 122 cm³/mol. The number of furan rings is 1. The summed E-state index contributed by atoms with van der Waals surface area (Å²) in [4.78, 5) is 14.5. The summed E-state index contributed by atoms with van der Waals surface area (Å²) in [7, 11) is 1.63. The Morgan fingerprint density at radius 1 is 1.17 bits per heavy atom. The van der Waals surface area contributed by atoms with Crippen molar-refractivity contribution in [3.05, 3.63) is 57.8 Å². The summed E-state index contributed by atoms with van der Waals surface area (Å²) < 4.78 is 11.6. The molecule has 0 radical (unpaired) electrons. The number of methoxy groups -OCH3 is 1. The maximum Gasteiger partial charge on any atom is 0.246 e. The van der Waals surface area contributed by atoms with Crippen LogP contribution in [0.2, 0.25) is 10.0 Å². The van der Waals surface area contributed by atoms with Crippen LogP contribution in [-0.4, -0.2) is 31.0 Å². The van der Waals surface area contributed by atoms with Gasteiger partial charge >= 0.3 is 0 Å². The highest BCUT2D eigenvalue weighted by Crippen LogP contribution is 2.42. The number of likely N-dealkylation sites (tertiary alicyclic amines) is 1. The van der Waals surface area contributed by atoms with Crippen LogP contribution in [0.1, 0.15) is 30.9 Å². The summed E-state index contributed by atoms with van der Waals surface area (Å²) >= 11 is 12.5. The van der Waals surface area contributed by atoms with Crippen molar-refractivity contribution in [2.75, 3.05) is 20.2 Å². The third-order valence-corrected chi connectivity index (χ3v) is 6.20. The van der Waals surface area contributed by atoms with Crippen molar-refractivity contribution in [1.82, 2.24) is 4.90 Å². The summed E-state index contributed by atoms with van der Waals surface area (Å²) in [5, 5.41) is 2.04. The van der Waals surface area contributed by atoms with Gasteiger partial charge in [-0.15, -0.1) is 0 Å². The molecule has 0 saturated carbocycles. The molecule has 0 spiro atoms. The van der Waals surface area contributed by atoms with Gasteiger partial charge in [0.05, 0.1) is 18.4 Å². The first kappa shape index (κ1) is 20.8. The lowest BCUT2D eigenvalue weighted by Gasteiger charge is -2.16. The smallest absolute Gasteiger partial charge is 0.246 e. The molecule has 3 aromatic rings. The molecule has 0 atom stereocenters. The van der Waals surface area contributed by atoms with Crippen molar-refractivity contribution in [2.24, 2.45) is 0 Å². The van der Waals surface area contributed by atoms with E-state index in [1.165, 1.54) is 0 Å². The Morgan fingerprint density at radius 2 is 1.90 bits per heavy atom. The minimum atomic E-state index is 0.0398. The summed E-state index contributed by atoms with van der Waals surface area (Å²) in [6, 6.07) is 7.41. The lowest BCUT2D eigenvalue weighted by molar-refractivity contribution is -0.124. The monoisotopic (exact) mass is 443 g/mol. The number of aryl methyl sites for hydroxylation is 1. The molecule has 0 bridgehead atoms. The minimum Gasteiger partial charge on any atom is -0.496 e. The van der Waals surface area contributed by atoms with Gasteiger partial charge in [0.2, 0.25) is 5.91 Å². The molecule has 0 unspecified atom stereocenters. The van der Waals surface area contributed by atoms with E-state index >= 15 is 0 Å². The van der Waals surface area contributed by atoms with Crippen molar-refractivity contribution in [3.63, 3.8) is 0 Å². The molecular formula is C24H23Cl2NO3. The Bertz CT molecular complexity index is 1160. The van der Waals surface area contributed by atoms with Crippen molar-refractivity contribution < 1.29 is 13.9 Å². The quantitative estimate of drug-likeness (QED) is 0.418. The fourth-order valence-corrected chi connectivity index (χ4v) is 4.59. The molecule has 4 nitrogen and oxygen atoms in total. The van der Waals surface area contributed by atoms with Crippen molar-refractivity contribution in [1.29, 1.82) is 0 Å². The highest BCUT2D eigenvalue weighted by molar-refractivity contribution is 6.36. The second-order valence-corrected chi connectivity index (χ2v) is 8.44. The SMILES string of the molecule is COc1c(/C(C)=C/C(=O)N2CCCC2)cc2c(-c3ccc(Cl)cc3Cl)coc2c1C. The van der Waals surface area contributed by atoms with Gasteiger partial charge in [-0.05, 0) is 50.5 Å². The van der Waals surface area contributed by atoms with Crippen LogP contribution in [0.3, 0.4) is 0 Å². The zero-order chi connectivity index (χ0) is 21.4. The number of rotatable bonds is 4. The standard InChI is InChI=1S/C24H23Cl2NO3/c1-14(10-22(28)27-8-4-5-9-27)18-12-19-20(17-7-6-16(25)11-21(17)26)13-30-24(19)15(2)23(18)29-3/h6-7,10-13H,4-5,8-9H2,1-3H3/b14-10+. The summed E-state index contributed by atoms with van der Waals surface area (Å²) in [5.41, 5.74) is 5.03. The molecular weight excluding hydrogens is 421 g/mol. The molecule has 156 valence electrons. The molecule has 0 N–H and O–H groups in total. The average molecular weight is 444 g/mol. The molecule has 4 rings (SSSR count). The first-order chi connectivity index (χ1) is 14.4. The minimum absolute atomic E-state index is 0.0398. The maximum absolute atomic E-state index is 12.7. The Kier molecular flexibility index (Phi) is 5.81. The molecule has 0 aliphatic carbocycles. The molecule has 1 fully saturated rings. The molecule has 2 heterocycles. The van der Waals surface area contributed by atoms with Crippen LogP contribution in [0.15, 0.2) is 41.0 Å². The van der Waals surface area contributed by atoms with Crippen molar-refractivity contribution in [2.45, 2.75) is 26.7 Å². The van der Waals surface area contributed by atoms with E-state index in [1.807, 2.05) is 30.9 Å². The van der Waals surface area contributed by atoms with E-state index in [4.69, 9.17) is 32.4 Å². The second kappa shape index (κ2) is 8.37. The summed E-state index contributed by atoms with van der Waals surface area (Å²) in [6.07, 6.45) is 5.52. The number of benzene rings is 2. The van der Waals surface area contributed by atoms with Gasteiger partial charge in [-0.1, -0.05) is 29.3 Å². The van der Waals surface area contributed by atoms with Gasteiger partial charge in [0.25, 0.3) is 0 Å². The predicted octanol–water partition coefficient (Wildman–Crippen LogP) is 6.75. The number of amides is 1. The average Bonchev–Trinajstić information content (AvgIpc) is 3.38. The lowest BCUT2D eigenvalue weighted by atomic mass is 9.96. The molecule has 1 amide bonds. The van der Waals surface area contributed by atoms with Crippen LogP contribution in [-0.2, 0) is 4.79 Å². The number of ether oxygens (including phenoxy) is 1. The van der Waals surface area contributed by atoms with Crippen molar-refractivity contribution in [3.8, 4) is 16.9 Å². The van der Waals surface area contributed by atoms with Gasteiger partial charge in [0.15, 0.2) is 0 Å². The molecule has 6 heteroatoms. The van der Waals surface area contributed by atoms with E-state index < -0.39 is 0 Å². The largest absolute Gasteiger partial charge is 0.496 e. The van der Waals surface area contributed by atoms with Gasteiger partial charge in [0, 0.05) is 51.8 Å². The first-order valence-electron chi connectivity index (χ1n) is 9.92. The number of allylic oxidation sites excluding steroid dienone is 1. The van der Waals surface area contributed by atoms with E-state index in [0.29, 0.717) is 15.8 Å². The normalized spacial score (nSPS) is 14.6. The molecule has 2 aromatic carbocycles. The van der Waals surface area contributed by atoms with E-state index in [-0.39, 0.29) is 5.91 Å². The number of carbonyl (C=O) groups excluding carboxylic acids is 1. The Labute approximate surface area is 186 Å². The van der Waals surface area contributed by atoms with Crippen LogP contribution in [0.5, 0.6) is 5.75 Å². The van der Waals surface area contributed by atoms with Gasteiger partial charge in [-0.3, -0.25) is 4.79 Å². The van der Waals surface area contributed by atoms with Crippen LogP contribution in [0, 0.1) is 6.92 Å². The van der Waals surface area contributed by atoms with Crippen LogP contribution in [0.4, 0.5) is 0 Å². The van der Waals surface area contributed by atoms with Crippen LogP contribution < -0.4 is 4.74 Å². The second-order valence-electron chi connectivity index (χ2n) is 7.59. The first-order valence-corrected chi connectivity index (χ1v) is 10.7. The molecule has 1 aromatic heterocycles. The summed E-state index contributed by atoms with van der Waals surface area (Å²) in [6.45, 7) is 5.53. The maximum atomic E-state index is 12.7. The van der Waals surface area contributed by atoms with Gasteiger partial charge in [-0.25, -0.2) is 0 Å². The van der Waals surface area contributed by atoms with Crippen molar-refractivity contribution >= 4 is 45.7 Å². The van der Waals surface area contributed by atoms with Gasteiger partial charge in [-0.2, -0.15) is 0 Å². The molecule has 1 aliphatic heterocycles. The van der Waals surface area contributed by atoms with E-state index in [2.05, 4.69) is 0 Å². The third-order valence-electron chi connectivity index (χ3n) is 5.65. The fraction of sp³-hybridized carbons (Fsp3) is 0.292. The molecule has 30 heavy (non-hydrogen) atoms. The van der Waals surface area contributed by atoms with E-state index in [1.54, 1.807) is 31.6 Å². The number of carbonyl (C=O) groups is 1. The van der Waals surface area contributed by atoms with Crippen LogP contribution >= 0.6 is 23.2 Å². The number of hydrogen-bond acceptors (Lipinski definition) is 3. The number of fused-ring (bicyclic) bond motifs is 1. The van der Waals surface area contributed by atoms with Crippen LogP contribution in [0.25, 0.3) is 27.7 Å². The fourth-order valence-electron chi connectivity index (χ4n) is 4.08. The third kappa shape index (κ3) is 3.70. The zero-order valence-electron chi connectivity index (χ0n) is 17.2. The van der Waals surface area contributed by atoms with Gasteiger partial charge in [0.1, 0.15) is 11.3 Å². The number of hydrogen-bond donors (Lipinski definition) is 0. The zero-order valence-corrected chi connectivity index (χ0v) is 18.7. The Balaban J connectivity index is 1.86. The van der Waals surface area contributed by atoms with E-state index in [9.17, 15) is 4.79 Å².